The Morgan fingerprint density at radius 1 is 1.08 bits per heavy atom. The summed E-state index contributed by atoms with van der Waals surface area (Å²) in [6.45, 7) is 7.12. The lowest BCUT2D eigenvalue weighted by atomic mass is 10.2. The van der Waals surface area contributed by atoms with Crippen LogP contribution in [0, 0.1) is 5.82 Å². The van der Waals surface area contributed by atoms with Crippen molar-refractivity contribution < 1.29 is 18.7 Å². The highest BCUT2D eigenvalue weighted by atomic mass is 19.1. The second-order valence-electron chi connectivity index (χ2n) is 6.10. The number of nitrogens with one attached hydrogen (secondary N) is 2. The Labute approximate surface area is 147 Å². The van der Waals surface area contributed by atoms with Gasteiger partial charge in [-0.25, -0.2) is 9.18 Å². The van der Waals surface area contributed by atoms with Crippen molar-refractivity contribution in [3.8, 4) is 0 Å². The summed E-state index contributed by atoms with van der Waals surface area (Å²) in [5.74, 6) is -0.340. The summed E-state index contributed by atoms with van der Waals surface area (Å²) in [6, 6.07) is 4.44. The minimum atomic E-state index is -0.340. The molecular formula is C17H25FN4O3. The number of anilines is 2. The second kappa shape index (κ2) is 8.98. The number of hydrogen-bond donors (Lipinski definition) is 2. The van der Waals surface area contributed by atoms with Crippen LogP contribution in [-0.4, -0.2) is 76.6 Å². The lowest BCUT2D eigenvalue weighted by Gasteiger charge is -2.29. The van der Waals surface area contributed by atoms with Gasteiger partial charge in [-0.2, -0.15) is 0 Å². The molecule has 138 valence electrons. The number of ether oxygens (including phenoxy) is 2. The van der Waals surface area contributed by atoms with E-state index in [1.807, 2.05) is 4.90 Å². The molecule has 2 heterocycles. The van der Waals surface area contributed by atoms with E-state index >= 15 is 0 Å². The van der Waals surface area contributed by atoms with Gasteiger partial charge in [-0.05, 0) is 18.2 Å². The maximum absolute atomic E-state index is 14.3. The molecule has 0 aliphatic carbocycles. The van der Waals surface area contributed by atoms with Crippen molar-refractivity contribution in [2.75, 3.05) is 75.9 Å². The number of rotatable bonds is 5. The number of carbonyl (C=O) groups is 1. The summed E-state index contributed by atoms with van der Waals surface area (Å²) in [6.07, 6.45) is 0. The van der Waals surface area contributed by atoms with Crippen LogP contribution in [0.3, 0.4) is 0 Å². The first-order chi connectivity index (χ1) is 12.2. The molecule has 0 bridgehead atoms. The Bertz CT molecular complexity index is 575. The predicted molar refractivity (Wildman–Crippen MR) is 93.7 cm³/mol. The minimum Gasteiger partial charge on any atom is -0.379 e. The third-order valence-corrected chi connectivity index (χ3v) is 4.37. The van der Waals surface area contributed by atoms with E-state index < -0.39 is 0 Å². The smallest absolute Gasteiger partial charge is 0.319 e. The maximum Gasteiger partial charge on any atom is 0.319 e. The van der Waals surface area contributed by atoms with Gasteiger partial charge in [0.2, 0.25) is 0 Å². The molecule has 2 aliphatic rings. The van der Waals surface area contributed by atoms with Crippen molar-refractivity contribution in [3.05, 3.63) is 24.0 Å². The van der Waals surface area contributed by atoms with Crippen LogP contribution in [0.25, 0.3) is 0 Å². The molecule has 2 amide bonds. The van der Waals surface area contributed by atoms with E-state index in [0.717, 1.165) is 32.8 Å². The monoisotopic (exact) mass is 352 g/mol. The van der Waals surface area contributed by atoms with Gasteiger partial charge in [0.05, 0.1) is 32.1 Å². The van der Waals surface area contributed by atoms with Crippen LogP contribution >= 0.6 is 0 Å². The first kappa shape index (κ1) is 17.9. The number of nitrogens with zero attached hydrogens (tertiary/aromatic N) is 2. The molecule has 1 aromatic rings. The molecule has 2 aliphatic heterocycles. The van der Waals surface area contributed by atoms with Gasteiger partial charge >= 0.3 is 6.03 Å². The highest BCUT2D eigenvalue weighted by Crippen LogP contribution is 2.23. The van der Waals surface area contributed by atoms with Crippen LogP contribution in [0.4, 0.5) is 20.6 Å². The van der Waals surface area contributed by atoms with Crippen LogP contribution in [-0.2, 0) is 9.47 Å². The summed E-state index contributed by atoms with van der Waals surface area (Å²) >= 11 is 0. The van der Waals surface area contributed by atoms with Gasteiger partial charge in [0.15, 0.2) is 0 Å². The molecular weight excluding hydrogens is 327 g/mol. The van der Waals surface area contributed by atoms with E-state index in [0.29, 0.717) is 44.2 Å². The Balaban J connectivity index is 1.45. The summed E-state index contributed by atoms with van der Waals surface area (Å²) in [5, 5.41) is 5.47. The van der Waals surface area contributed by atoms with Crippen LogP contribution in [0.15, 0.2) is 18.2 Å². The third kappa shape index (κ3) is 5.29. The van der Waals surface area contributed by atoms with Crippen LogP contribution in [0.2, 0.25) is 0 Å². The molecule has 3 rings (SSSR count). The normalized spacial score (nSPS) is 18.8. The van der Waals surface area contributed by atoms with E-state index in [1.165, 1.54) is 6.07 Å². The average molecular weight is 352 g/mol. The highest BCUT2D eigenvalue weighted by Gasteiger charge is 2.16. The van der Waals surface area contributed by atoms with Crippen molar-refractivity contribution in [2.24, 2.45) is 0 Å². The molecule has 2 N–H and O–H groups in total. The van der Waals surface area contributed by atoms with E-state index in [2.05, 4.69) is 15.5 Å². The van der Waals surface area contributed by atoms with Gasteiger partial charge in [-0.3, -0.25) is 4.90 Å². The van der Waals surface area contributed by atoms with Gasteiger partial charge in [0.25, 0.3) is 0 Å². The molecule has 0 atom stereocenters. The van der Waals surface area contributed by atoms with Crippen LogP contribution < -0.4 is 15.5 Å². The molecule has 0 spiro atoms. The van der Waals surface area contributed by atoms with Gasteiger partial charge in [-0.1, -0.05) is 0 Å². The summed E-state index contributed by atoms with van der Waals surface area (Å²) in [4.78, 5) is 16.1. The number of halogens is 1. The maximum atomic E-state index is 14.3. The lowest BCUT2D eigenvalue weighted by Crippen LogP contribution is -2.42. The lowest BCUT2D eigenvalue weighted by molar-refractivity contribution is 0.0388. The standard InChI is InChI=1S/C17H25FN4O3/c18-15-13-14(1-2-16(15)22-7-11-25-12-8-22)20-17(23)19-3-4-21-5-9-24-10-6-21/h1-2,13H,3-12H2,(H2,19,20,23). The fourth-order valence-electron chi connectivity index (χ4n) is 2.97. The van der Waals surface area contributed by atoms with Gasteiger partial charge in [-0.15, -0.1) is 0 Å². The molecule has 7 nitrogen and oxygen atoms in total. The van der Waals surface area contributed by atoms with Gasteiger partial charge in [0.1, 0.15) is 5.82 Å². The number of hydrogen-bond acceptors (Lipinski definition) is 5. The van der Waals surface area contributed by atoms with E-state index in [-0.39, 0.29) is 11.8 Å². The topological polar surface area (TPSA) is 66.1 Å². The molecule has 0 unspecified atom stereocenters. The zero-order valence-corrected chi connectivity index (χ0v) is 14.3. The first-order valence-electron chi connectivity index (χ1n) is 8.69. The van der Waals surface area contributed by atoms with E-state index in [1.54, 1.807) is 12.1 Å². The fraction of sp³-hybridized carbons (Fsp3) is 0.588. The summed E-state index contributed by atoms with van der Waals surface area (Å²) < 4.78 is 24.9. The van der Waals surface area contributed by atoms with Crippen molar-refractivity contribution >= 4 is 17.4 Å². The number of amides is 2. The number of carbonyl (C=O) groups excluding carboxylic acids is 1. The second-order valence-corrected chi connectivity index (χ2v) is 6.10. The molecule has 0 aromatic heterocycles. The minimum absolute atomic E-state index is 0.327. The zero-order valence-electron chi connectivity index (χ0n) is 14.3. The number of benzene rings is 1. The van der Waals surface area contributed by atoms with Crippen molar-refractivity contribution in [3.63, 3.8) is 0 Å². The zero-order chi connectivity index (χ0) is 17.5. The molecule has 8 heteroatoms. The molecule has 25 heavy (non-hydrogen) atoms. The van der Waals surface area contributed by atoms with Crippen molar-refractivity contribution in [1.82, 2.24) is 10.2 Å². The Morgan fingerprint density at radius 2 is 1.76 bits per heavy atom. The number of urea groups is 1. The quantitative estimate of drug-likeness (QED) is 0.831. The van der Waals surface area contributed by atoms with Crippen molar-refractivity contribution in [2.45, 2.75) is 0 Å². The predicted octanol–water partition coefficient (Wildman–Crippen LogP) is 1.12. The SMILES string of the molecule is O=C(NCCN1CCOCC1)Nc1ccc(N2CCOCC2)c(F)c1. The molecule has 2 saturated heterocycles. The van der Waals surface area contributed by atoms with Crippen molar-refractivity contribution in [1.29, 1.82) is 0 Å². The summed E-state index contributed by atoms with van der Waals surface area (Å²) in [5.41, 5.74) is 0.986. The Kier molecular flexibility index (Phi) is 6.43. The Hall–Kier alpha value is -1.90. The third-order valence-electron chi connectivity index (χ3n) is 4.37. The van der Waals surface area contributed by atoms with Gasteiger partial charge < -0.3 is 25.0 Å². The van der Waals surface area contributed by atoms with Gasteiger partial charge in [0, 0.05) is 45.0 Å². The Morgan fingerprint density at radius 3 is 2.44 bits per heavy atom. The molecule has 1 aromatic carbocycles. The molecule has 0 radical (unpaired) electrons. The first-order valence-corrected chi connectivity index (χ1v) is 8.69. The highest BCUT2D eigenvalue weighted by molar-refractivity contribution is 5.89. The van der Waals surface area contributed by atoms with E-state index in [4.69, 9.17) is 9.47 Å². The molecule has 0 saturated carbocycles. The summed E-state index contributed by atoms with van der Waals surface area (Å²) in [7, 11) is 0. The van der Waals surface area contributed by atoms with Crippen LogP contribution in [0.5, 0.6) is 0 Å². The number of morpholine rings is 2. The average Bonchev–Trinajstić information content (AvgIpc) is 2.63. The molecule has 2 fully saturated rings. The van der Waals surface area contributed by atoms with E-state index in [9.17, 15) is 9.18 Å². The largest absolute Gasteiger partial charge is 0.379 e. The van der Waals surface area contributed by atoms with Crippen LogP contribution in [0.1, 0.15) is 0 Å². The fourth-order valence-corrected chi connectivity index (χ4v) is 2.97.